The van der Waals surface area contributed by atoms with Crippen molar-refractivity contribution in [2.45, 2.75) is 31.2 Å². The first kappa shape index (κ1) is 21.6. The van der Waals surface area contributed by atoms with Gasteiger partial charge in [0.05, 0.1) is 0 Å². The van der Waals surface area contributed by atoms with Gasteiger partial charge in [-0.15, -0.1) is 0 Å². The second-order valence-electron chi connectivity index (χ2n) is 8.16. The fraction of sp³-hybridized carbons (Fsp3) is 0.320. The van der Waals surface area contributed by atoms with Crippen LogP contribution in [0.4, 0.5) is 4.79 Å². The molecule has 32 heavy (non-hydrogen) atoms. The molecular weight excluding hydrogens is 408 g/mol. The van der Waals surface area contributed by atoms with Crippen LogP contribution >= 0.6 is 0 Å². The molecule has 0 aliphatic heterocycles. The average Bonchev–Trinajstić information content (AvgIpc) is 3.38. The molecule has 166 valence electrons. The molecule has 0 bridgehead atoms. The third-order valence-corrected chi connectivity index (χ3v) is 6.12. The number of hydrogen-bond acceptors (Lipinski definition) is 4. The average molecular weight is 434 g/mol. The lowest BCUT2D eigenvalue weighted by atomic mass is 9.98. The Labute approximate surface area is 186 Å². The highest BCUT2D eigenvalue weighted by molar-refractivity contribution is 5.81. The zero-order chi connectivity index (χ0) is 22.5. The quantitative estimate of drug-likeness (QED) is 0.579. The first-order chi connectivity index (χ1) is 15.5. The van der Waals surface area contributed by atoms with Gasteiger partial charge >= 0.3 is 12.1 Å². The molecule has 2 amide bonds. The van der Waals surface area contributed by atoms with Gasteiger partial charge in [0.25, 0.3) is 0 Å². The van der Waals surface area contributed by atoms with Crippen LogP contribution < -0.4 is 10.6 Å². The van der Waals surface area contributed by atoms with Crippen LogP contribution in [0, 0.1) is 5.92 Å². The summed E-state index contributed by atoms with van der Waals surface area (Å²) in [6.45, 7) is 0.429. The minimum atomic E-state index is -1.05. The highest BCUT2D eigenvalue weighted by Crippen LogP contribution is 2.44. The smallest absolute Gasteiger partial charge is 0.407 e. The monoisotopic (exact) mass is 434 g/mol. The van der Waals surface area contributed by atoms with E-state index in [2.05, 4.69) is 34.9 Å². The summed E-state index contributed by atoms with van der Waals surface area (Å²) < 4.78 is 5.58. The number of carbonyl (C=O) groups excluding carboxylic acids is 2. The molecular formula is C25H26N2O5. The summed E-state index contributed by atoms with van der Waals surface area (Å²) in [6, 6.07) is 16.3. The standard InChI is InChI=1S/C25H26N2O5/c28-23(29)10-5-13-26-24(30)16-11-12-17(14-16)27-25(31)32-15-22-20-8-3-1-6-18(20)19-7-2-4-9-21(19)22/h1-10,16-17,22H,11-15H2,(H,26,30)(H,27,31)(H,28,29)/b10-5+. The van der Waals surface area contributed by atoms with Crippen molar-refractivity contribution >= 4 is 18.0 Å². The summed E-state index contributed by atoms with van der Waals surface area (Å²) in [5.41, 5.74) is 4.69. The number of amides is 2. The third-order valence-electron chi connectivity index (χ3n) is 6.12. The number of fused-ring (bicyclic) bond motifs is 3. The van der Waals surface area contributed by atoms with Crippen molar-refractivity contribution in [2.24, 2.45) is 5.92 Å². The number of hydrogen-bond donors (Lipinski definition) is 3. The maximum atomic E-state index is 12.4. The van der Waals surface area contributed by atoms with E-state index in [1.54, 1.807) is 0 Å². The molecule has 7 nitrogen and oxygen atoms in total. The van der Waals surface area contributed by atoms with E-state index in [1.807, 2.05) is 24.3 Å². The normalized spacial score (nSPS) is 19.4. The van der Waals surface area contributed by atoms with Crippen molar-refractivity contribution in [2.75, 3.05) is 13.2 Å². The van der Waals surface area contributed by atoms with Gasteiger partial charge in [-0.2, -0.15) is 0 Å². The summed E-state index contributed by atoms with van der Waals surface area (Å²) in [4.78, 5) is 35.1. The number of ether oxygens (including phenoxy) is 1. The number of carboxylic acid groups (broad SMARTS) is 1. The zero-order valence-electron chi connectivity index (χ0n) is 17.6. The highest BCUT2D eigenvalue weighted by atomic mass is 16.5. The molecule has 2 aromatic rings. The Morgan fingerprint density at radius 1 is 1.00 bits per heavy atom. The van der Waals surface area contributed by atoms with E-state index in [-0.39, 0.29) is 36.9 Å². The lowest BCUT2D eigenvalue weighted by Crippen LogP contribution is -2.35. The van der Waals surface area contributed by atoms with E-state index >= 15 is 0 Å². The summed E-state index contributed by atoms with van der Waals surface area (Å²) in [6.07, 6.45) is 3.83. The van der Waals surface area contributed by atoms with E-state index in [9.17, 15) is 14.4 Å². The SMILES string of the molecule is O=C(O)/C=C/CNC(=O)C1CCC(NC(=O)OCC2c3ccccc3-c3ccccc32)C1. The third kappa shape index (κ3) is 4.82. The Kier molecular flexibility index (Phi) is 6.54. The molecule has 0 radical (unpaired) electrons. The van der Waals surface area contributed by atoms with E-state index < -0.39 is 12.1 Å². The van der Waals surface area contributed by atoms with Gasteiger partial charge in [-0.05, 0) is 41.5 Å². The first-order valence-electron chi connectivity index (χ1n) is 10.8. The molecule has 0 spiro atoms. The first-order valence-corrected chi connectivity index (χ1v) is 10.8. The van der Waals surface area contributed by atoms with Crippen LogP contribution in [0.25, 0.3) is 11.1 Å². The number of benzene rings is 2. The van der Waals surface area contributed by atoms with Crippen molar-refractivity contribution in [1.82, 2.24) is 10.6 Å². The van der Waals surface area contributed by atoms with Crippen molar-refractivity contribution < 1.29 is 24.2 Å². The summed E-state index contributed by atoms with van der Waals surface area (Å²) in [7, 11) is 0. The molecule has 2 aliphatic carbocycles. The van der Waals surface area contributed by atoms with Gasteiger partial charge in [-0.1, -0.05) is 54.6 Å². The van der Waals surface area contributed by atoms with Crippen LogP contribution in [-0.2, 0) is 14.3 Å². The van der Waals surface area contributed by atoms with E-state index in [0.717, 1.165) is 17.2 Å². The maximum Gasteiger partial charge on any atom is 0.407 e. The van der Waals surface area contributed by atoms with E-state index in [0.29, 0.717) is 19.3 Å². The summed E-state index contributed by atoms with van der Waals surface area (Å²) >= 11 is 0. The van der Waals surface area contributed by atoms with E-state index in [4.69, 9.17) is 9.84 Å². The van der Waals surface area contributed by atoms with Gasteiger partial charge in [-0.3, -0.25) is 4.79 Å². The molecule has 2 aliphatic rings. The predicted molar refractivity (Wildman–Crippen MR) is 119 cm³/mol. The molecule has 1 fully saturated rings. The van der Waals surface area contributed by atoms with Crippen LogP contribution in [0.3, 0.4) is 0 Å². The lowest BCUT2D eigenvalue weighted by Gasteiger charge is -2.17. The Bertz CT molecular complexity index is 1000. The second-order valence-corrected chi connectivity index (χ2v) is 8.16. The number of rotatable bonds is 7. The van der Waals surface area contributed by atoms with Crippen LogP contribution in [0.5, 0.6) is 0 Å². The van der Waals surface area contributed by atoms with Crippen molar-refractivity contribution in [1.29, 1.82) is 0 Å². The largest absolute Gasteiger partial charge is 0.478 e. The fourth-order valence-corrected chi connectivity index (χ4v) is 4.62. The number of nitrogens with one attached hydrogen (secondary N) is 2. The molecule has 1 saturated carbocycles. The van der Waals surface area contributed by atoms with Crippen LogP contribution in [0.1, 0.15) is 36.3 Å². The van der Waals surface area contributed by atoms with Gasteiger partial charge in [0.15, 0.2) is 0 Å². The van der Waals surface area contributed by atoms with Crippen LogP contribution in [0.2, 0.25) is 0 Å². The summed E-state index contributed by atoms with van der Waals surface area (Å²) in [5.74, 6) is -1.37. The molecule has 2 atom stereocenters. The molecule has 3 N–H and O–H groups in total. The zero-order valence-corrected chi connectivity index (χ0v) is 17.6. The number of aliphatic carboxylic acids is 1. The Morgan fingerprint density at radius 2 is 1.66 bits per heavy atom. The predicted octanol–water partition coefficient (Wildman–Crippen LogP) is 3.45. The molecule has 4 rings (SSSR count). The Morgan fingerprint density at radius 3 is 2.31 bits per heavy atom. The molecule has 2 aromatic carbocycles. The number of carbonyl (C=O) groups is 3. The minimum Gasteiger partial charge on any atom is -0.478 e. The highest BCUT2D eigenvalue weighted by Gasteiger charge is 2.32. The Hall–Kier alpha value is -3.61. The van der Waals surface area contributed by atoms with E-state index in [1.165, 1.54) is 17.2 Å². The molecule has 0 saturated heterocycles. The van der Waals surface area contributed by atoms with Gasteiger partial charge in [0, 0.05) is 30.5 Å². The fourth-order valence-electron chi connectivity index (χ4n) is 4.62. The topological polar surface area (TPSA) is 105 Å². The van der Waals surface area contributed by atoms with Crippen molar-refractivity contribution in [3.05, 3.63) is 71.8 Å². The van der Waals surface area contributed by atoms with Gasteiger partial charge < -0.3 is 20.5 Å². The van der Waals surface area contributed by atoms with Crippen molar-refractivity contribution in [3.8, 4) is 11.1 Å². The van der Waals surface area contributed by atoms with Gasteiger partial charge in [0.1, 0.15) is 6.61 Å². The van der Waals surface area contributed by atoms with Crippen LogP contribution in [0.15, 0.2) is 60.7 Å². The van der Waals surface area contributed by atoms with Gasteiger partial charge in [-0.25, -0.2) is 9.59 Å². The second kappa shape index (κ2) is 9.68. The molecule has 0 aromatic heterocycles. The van der Waals surface area contributed by atoms with Crippen molar-refractivity contribution in [3.63, 3.8) is 0 Å². The molecule has 2 unspecified atom stereocenters. The number of carboxylic acids is 1. The number of alkyl carbamates (subject to hydrolysis) is 1. The van der Waals surface area contributed by atoms with Gasteiger partial charge in [0.2, 0.25) is 5.91 Å². The maximum absolute atomic E-state index is 12.4. The molecule has 7 heteroatoms. The minimum absolute atomic E-state index is 0.00844. The summed E-state index contributed by atoms with van der Waals surface area (Å²) in [5, 5.41) is 14.2. The van der Waals surface area contributed by atoms with Crippen LogP contribution in [-0.4, -0.2) is 42.3 Å². The molecule has 0 heterocycles. The lowest BCUT2D eigenvalue weighted by molar-refractivity contribution is -0.131. The Balaban J connectivity index is 1.26.